The van der Waals surface area contributed by atoms with Gasteiger partial charge in [-0.15, -0.1) is 0 Å². The van der Waals surface area contributed by atoms with Crippen molar-refractivity contribution in [2.75, 3.05) is 18.4 Å². The predicted molar refractivity (Wildman–Crippen MR) is 114 cm³/mol. The van der Waals surface area contributed by atoms with Gasteiger partial charge < -0.3 is 10.2 Å². The lowest BCUT2D eigenvalue weighted by atomic mass is 9.84. The summed E-state index contributed by atoms with van der Waals surface area (Å²) < 4.78 is 42.8. The lowest BCUT2D eigenvalue weighted by molar-refractivity contribution is -0.174. The summed E-state index contributed by atoms with van der Waals surface area (Å²) in [6, 6.07) is -0.115. The van der Waals surface area contributed by atoms with Crippen molar-refractivity contribution in [1.82, 2.24) is 14.7 Å². The molecule has 3 atom stereocenters. The Labute approximate surface area is 182 Å². The Balaban J connectivity index is 1.43. The number of alkyl halides is 3. The van der Waals surface area contributed by atoms with E-state index in [1.165, 1.54) is 0 Å². The average Bonchev–Trinajstić information content (AvgIpc) is 3.35. The van der Waals surface area contributed by atoms with E-state index in [4.69, 9.17) is 0 Å². The Bertz CT molecular complexity index is 831. The zero-order chi connectivity index (χ0) is 22.4. The largest absolute Gasteiger partial charge is 0.410 e. The molecule has 1 saturated heterocycles. The number of nitrogens with zero attached hydrogens (tertiary/aromatic N) is 3. The first-order chi connectivity index (χ1) is 14.5. The van der Waals surface area contributed by atoms with Gasteiger partial charge in [-0.25, -0.2) is 4.68 Å². The highest BCUT2D eigenvalue weighted by atomic mass is 19.4. The number of nitrogens with one attached hydrogen (secondary N) is 1. The maximum atomic E-state index is 13.9. The highest BCUT2D eigenvalue weighted by Gasteiger charge is 2.48. The summed E-state index contributed by atoms with van der Waals surface area (Å²) in [5.41, 5.74) is 0.337. The first kappa shape index (κ1) is 22.2. The second-order valence-corrected chi connectivity index (χ2v) is 10.3. The molecule has 1 aromatic rings. The second kappa shape index (κ2) is 8.17. The quantitative estimate of drug-likeness (QED) is 0.671. The lowest BCUT2D eigenvalue weighted by Crippen LogP contribution is -2.47. The number of hydrogen-bond donors (Lipinski definition) is 1. The fourth-order valence-corrected chi connectivity index (χ4v) is 5.05. The first-order valence-corrected chi connectivity index (χ1v) is 11.4. The summed E-state index contributed by atoms with van der Waals surface area (Å²) in [5, 5.41) is 7.66. The maximum absolute atomic E-state index is 13.9. The number of likely N-dealkylation sites (tertiary alicyclic amines) is 1. The van der Waals surface area contributed by atoms with Crippen LogP contribution in [0, 0.1) is 11.8 Å². The molecule has 31 heavy (non-hydrogen) atoms. The Hall–Kier alpha value is -1.99. The number of hydrogen-bond acceptors (Lipinski definition) is 3. The van der Waals surface area contributed by atoms with E-state index in [1.54, 1.807) is 6.07 Å². The molecule has 0 unspecified atom stereocenters. The molecule has 0 saturated carbocycles. The predicted octanol–water partition coefficient (Wildman–Crippen LogP) is 5.06. The smallest absolute Gasteiger partial charge is 0.367 e. The molecule has 1 N–H and O–H groups in total. The Morgan fingerprint density at radius 1 is 1.19 bits per heavy atom. The molecule has 0 bridgehead atoms. The molecule has 8 heteroatoms. The van der Waals surface area contributed by atoms with Gasteiger partial charge in [0.25, 0.3) is 0 Å². The van der Waals surface area contributed by atoms with Gasteiger partial charge in [0.15, 0.2) is 6.04 Å². The Morgan fingerprint density at radius 2 is 1.90 bits per heavy atom. The van der Waals surface area contributed by atoms with Crippen molar-refractivity contribution in [2.45, 2.75) is 83.0 Å². The normalized spacial score (nSPS) is 27.3. The van der Waals surface area contributed by atoms with E-state index in [-0.39, 0.29) is 29.7 Å². The van der Waals surface area contributed by atoms with E-state index in [1.807, 2.05) is 25.7 Å². The van der Waals surface area contributed by atoms with Crippen LogP contribution in [0.15, 0.2) is 18.2 Å². The molecular weight excluding hydrogens is 405 g/mol. The van der Waals surface area contributed by atoms with Crippen molar-refractivity contribution in [3.8, 4) is 0 Å². The molecule has 1 amide bonds. The van der Waals surface area contributed by atoms with Crippen molar-refractivity contribution in [3.63, 3.8) is 0 Å². The van der Waals surface area contributed by atoms with E-state index in [0.717, 1.165) is 30.4 Å². The minimum absolute atomic E-state index is 0.0206. The van der Waals surface area contributed by atoms with Crippen molar-refractivity contribution >= 4 is 11.7 Å². The number of anilines is 1. The van der Waals surface area contributed by atoms with Gasteiger partial charge in [-0.1, -0.05) is 32.9 Å². The van der Waals surface area contributed by atoms with Crippen LogP contribution in [0.3, 0.4) is 0 Å². The fraction of sp³-hybridized carbons (Fsp3) is 0.739. The first-order valence-electron chi connectivity index (χ1n) is 11.4. The summed E-state index contributed by atoms with van der Waals surface area (Å²) in [6.07, 6.45) is 3.99. The van der Waals surface area contributed by atoms with Crippen LogP contribution >= 0.6 is 0 Å². The van der Waals surface area contributed by atoms with Crippen LogP contribution in [-0.2, 0) is 10.2 Å². The van der Waals surface area contributed by atoms with Crippen LogP contribution in [0.1, 0.15) is 71.0 Å². The lowest BCUT2D eigenvalue weighted by Gasteiger charge is -2.41. The minimum Gasteiger partial charge on any atom is -0.367 e. The fourth-order valence-electron chi connectivity index (χ4n) is 5.05. The van der Waals surface area contributed by atoms with Crippen molar-refractivity contribution in [1.29, 1.82) is 0 Å². The van der Waals surface area contributed by atoms with Gasteiger partial charge in [0.1, 0.15) is 5.82 Å². The molecule has 1 fully saturated rings. The van der Waals surface area contributed by atoms with E-state index in [2.05, 4.69) is 22.6 Å². The third-order valence-corrected chi connectivity index (χ3v) is 7.00. The third kappa shape index (κ3) is 4.77. The monoisotopic (exact) mass is 438 g/mol. The van der Waals surface area contributed by atoms with Crippen LogP contribution in [0.5, 0.6) is 0 Å². The van der Waals surface area contributed by atoms with Gasteiger partial charge in [0.05, 0.1) is 5.69 Å². The van der Waals surface area contributed by atoms with Crippen LogP contribution in [0.4, 0.5) is 19.0 Å². The summed E-state index contributed by atoms with van der Waals surface area (Å²) in [6.45, 7) is 7.11. The molecule has 2 aliphatic heterocycles. The summed E-state index contributed by atoms with van der Waals surface area (Å²) in [4.78, 5) is 14.5. The molecule has 4 rings (SSSR count). The highest BCUT2D eigenvalue weighted by molar-refractivity contribution is 5.76. The molecule has 0 radical (unpaired) electrons. The Kier molecular flexibility index (Phi) is 5.85. The molecule has 0 aromatic carbocycles. The van der Waals surface area contributed by atoms with Gasteiger partial charge >= 0.3 is 6.18 Å². The summed E-state index contributed by atoms with van der Waals surface area (Å²) >= 11 is 0. The van der Waals surface area contributed by atoms with Crippen LogP contribution in [0.25, 0.3) is 0 Å². The van der Waals surface area contributed by atoms with Crippen molar-refractivity contribution < 1.29 is 18.0 Å². The topological polar surface area (TPSA) is 50.2 Å². The number of piperidine rings is 1. The summed E-state index contributed by atoms with van der Waals surface area (Å²) in [7, 11) is 0. The van der Waals surface area contributed by atoms with Crippen LogP contribution in [0.2, 0.25) is 0 Å². The molecule has 1 aromatic heterocycles. The molecule has 0 spiro atoms. The molecular formula is C23H33F3N4O. The SMILES string of the molecule is CC(C)(C)c1cc2n(n1)[C@@H](C(F)(F)F)C[C@@H](C1CCN(C(=O)C[C@@H]3C=CCC3)CC1)N2. The highest BCUT2D eigenvalue weighted by Crippen LogP contribution is 2.43. The zero-order valence-corrected chi connectivity index (χ0v) is 18.6. The maximum Gasteiger partial charge on any atom is 0.410 e. The molecule has 1 aliphatic carbocycles. The molecule has 3 heterocycles. The van der Waals surface area contributed by atoms with Crippen molar-refractivity contribution in [2.24, 2.45) is 11.8 Å². The number of rotatable bonds is 3. The van der Waals surface area contributed by atoms with Gasteiger partial charge in [0, 0.05) is 37.0 Å². The number of carbonyl (C=O) groups is 1. The van der Waals surface area contributed by atoms with Gasteiger partial charge in [0.2, 0.25) is 5.91 Å². The third-order valence-electron chi connectivity index (χ3n) is 7.00. The number of aromatic nitrogens is 2. The van der Waals surface area contributed by atoms with E-state index in [9.17, 15) is 18.0 Å². The molecule has 3 aliphatic rings. The number of carbonyl (C=O) groups excluding carboxylic acids is 1. The summed E-state index contributed by atoms with van der Waals surface area (Å²) in [5.74, 6) is 1.08. The van der Waals surface area contributed by atoms with E-state index >= 15 is 0 Å². The standard InChI is InChI=1S/C23H33F3N4O/c1-22(2,3)18-14-20-27-17(13-19(23(24,25)26)30(20)28-18)16-8-10-29(11-9-16)21(31)12-15-6-4-5-7-15/h4,6,14-17,19,27H,5,7-13H2,1-3H3/t15-,17+,19-/m1/s1. The number of halogens is 3. The van der Waals surface area contributed by atoms with E-state index < -0.39 is 12.2 Å². The Morgan fingerprint density at radius 3 is 2.48 bits per heavy atom. The second-order valence-electron chi connectivity index (χ2n) is 10.3. The number of fused-ring (bicyclic) bond motifs is 1. The van der Waals surface area contributed by atoms with Gasteiger partial charge in [-0.3, -0.25) is 4.79 Å². The minimum atomic E-state index is -4.35. The van der Waals surface area contributed by atoms with Crippen molar-refractivity contribution in [3.05, 3.63) is 23.9 Å². The number of amides is 1. The van der Waals surface area contributed by atoms with Crippen LogP contribution in [-0.4, -0.2) is 45.9 Å². The van der Waals surface area contributed by atoms with Crippen LogP contribution < -0.4 is 5.32 Å². The van der Waals surface area contributed by atoms with E-state index in [0.29, 0.717) is 36.9 Å². The molecule has 172 valence electrons. The number of allylic oxidation sites excluding steroid dienone is 2. The van der Waals surface area contributed by atoms with Gasteiger partial charge in [-0.05, 0) is 43.9 Å². The average molecular weight is 439 g/mol. The zero-order valence-electron chi connectivity index (χ0n) is 18.6. The molecule has 5 nitrogen and oxygen atoms in total. The van der Waals surface area contributed by atoms with Gasteiger partial charge in [-0.2, -0.15) is 18.3 Å².